The number of aromatic nitrogens is 2. The number of hydrogen-bond donors (Lipinski definition) is 1. The summed E-state index contributed by atoms with van der Waals surface area (Å²) in [6.07, 6.45) is 1.47. The van der Waals surface area contributed by atoms with Gasteiger partial charge in [-0.3, -0.25) is 9.69 Å². The molecule has 0 spiro atoms. The zero-order valence-electron chi connectivity index (χ0n) is 19.2. The van der Waals surface area contributed by atoms with Crippen LogP contribution in [-0.4, -0.2) is 46.6 Å². The molecule has 2 heterocycles. The van der Waals surface area contributed by atoms with E-state index in [0.29, 0.717) is 41.1 Å². The number of aryl methyl sites for hydroxylation is 1. The van der Waals surface area contributed by atoms with E-state index in [2.05, 4.69) is 20.4 Å². The Labute approximate surface area is 203 Å². The molecule has 1 saturated heterocycles. The maximum Gasteiger partial charge on any atom is 0.338 e. The zero-order valence-corrected chi connectivity index (χ0v) is 20.0. The number of ether oxygens (including phenoxy) is 1. The standard InChI is InChI=1S/C25H27ClN4O4/c1-3-33-25(32)19-7-8-21(16(2)13-19)27-24(31)17-9-11-30(12-10-17)15-22-28-23(29-34-22)18-5-4-6-20(26)14-18/h4-8,13-14,17H,3,9-12,15H2,1-2H3,(H,27,31). The molecule has 2 aromatic carbocycles. The summed E-state index contributed by atoms with van der Waals surface area (Å²) in [6, 6.07) is 12.5. The molecule has 34 heavy (non-hydrogen) atoms. The number of piperidine rings is 1. The fourth-order valence-corrected chi connectivity index (χ4v) is 4.18. The molecule has 178 valence electrons. The Morgan fingerprint density at radius 3 is 2.71 bits per heavy atom. The lowest BCUT2D eigenvalue weighted by molar-refractivity contribution is -0.121. The molecular formula is C25H27ClN4O4. The number of halogens is 1. The number of likely N-dealkylation sites (tertiary alicyclic amines) is 1. The summed E-state index contributed by atoms with van der Waals surface area (Å²) in [4.78, 5) is 31.4. The molecule has 1 fully saturated rings. The minimum Gasteiger partial charge on any atom is -0.462 e. The van der Waals surface area contributed by atoms with Gasteiger partial charge in [0.1, 0.15) is 0 Å². The van der Waals surface area contributed by atoms with Crippen LogP contribution in [0.15, 0.2) is 47.0 Å². The van der Waals surface area contributed by atoms with Gasteiger partial charge in [0.25, 0.3) is 0 Å². The second kappa shape index (κ2) is 10.8. The van der Waals surface area contributed by atoms with Gasteiger partial charge in [-0.2, -0.15) is 4.98 Å². The van der Waals surface area contributed by atoms with Gasteiger partial charge in [0.2, 0.25) is 17.6 Å². The molecule has 9 heteroatoms. The molecule has 1 aliphatic rings. The van der Waals surface area contributed by atoms with Gasteiger partial charge < -0.3 is 14.6 Å². The van der Waals surface area contributed by atoms with Gasteiger partial charge in [0.05, 0.1) is 18.7 Å². The van der Waals surface area contributed by atoms with E-state index >= 15 is 0 Å². The minimum absolute atomic E-state index is 0.00679. The summed E-state index contributed by atoms with van der Waals surface area (Å²) in [7, 11) is 0. The van der Waals surface area contributed by atoms with Crippen molar-refractivity contribution in [3.63, 3.8) is 0 Å². The predicted octanol–water partition coefficient (Wildman–Crippen LogP) is 4.73. The summed E-state index contributed by atoms with van der Waals surface area (Å²) in [5.41, 5.74) is 2.82. The first kappa shape index (κ1) is 23.9. The van der Waals surface area contributed by atoms with Crippen LogP contribution < -0.4 is 5.32 Å². The first-order chi connectivity index (χ1) is 16.4. The summed E-state index contributed by atoms with van der Waals surface area (Å²) in [6.45, 7) is 6.01. The van der Waals surface area contributed by atoms with Crippen LogP contribution in [0.2, 0.25) is 5.02 Å². The van der Waals surface area contributed by atoms with Crippen molar-refractivity contribution in [1.82, 2.24) is 15.0 Å². The highest BCUT2D eigenvalue weighted by atomic mass is 35.5. The van der Waals surface area contributed by atoms with Crippen molar-refractivity contribution in [1.29, 1.82) is 0 Å². The molecule has 1 aliphatic heterocycles. The van der Waals surface area contributed by atoms with Crippen molar-refractivity contribution in [2.45, 2.75) is 33.2 Å². The van der Waals surface area contributed by atoms with Crippen molar-refractivity contribution in [3.8, 4) is 11.4 Å². The van der Waals surface area contributed by atoms with Crippen LogP contribution >= 0.6 is 11.6 Å². The van der Waals surface area contributed by atoms with Crippen LogP contribution in [0.1, 0.15) is 41.6 Å². The molecule has 3 aromatic rings. The smallest absolute Gasteiger partial charge is 0.338 e. The van der Waals surface area contributed by atoms with E-state index < -0.39 is 0 Å². The average molecular weight is 483 g/mol. The van der Waals surface area contributed by atoms with Crippen molar-refractivity contribution in [3.05, 3.63) is 64.5 Å². The molecule has 0 bridgehead atoms. The van der Waals surface area contributed by atoms with Gasteiger partial charge in [-0.05, 0) is 75.7 Å². The third-order valence-corrected chi connectivity index (χ3v) is 6.10. The van der Waals surface area contributed by atoms with Crippen LogP contribution in [0.4, 0.5) is 5.69 Å². The highest BCUT2D eigenvalue weighted by Crippen LogP contribution is 2.24. The second-order valence-corrected chi connectivity index (χ2v) is 8.75. The van der Waals surface area contributed by atoms with Gasteiger partial charge in [0.15, 0.2) is 0 Å². The lowest BCUT2D eigenvalue weighted by atomic mass is 9.95. The van der Waals surface area contributed by atoms with E-state index in [1.54, 1.807) is 37.3 Å². The van der Waals surface area contributed by atoms with Crippen molar-refractivity contribution in [2.75, 3.05) is 25.0 Å². The highest BCUT2D eigenvalue weighted by Gasteiger charge is 2.26. The summed E-state index contributed by atoms with van der Waals surface area (Å²) < 4.78 is 10.4. The van der Waals surface area contributed by atoms with Crippen molar-refractivity contribution >= 4 is 29.2 Å². The monoisotopic (exact) mass is 482 g/mol. The van der Waals surface area contributed by atoms with E-state index in [9.17, 15) is 9.59 Å². The number of esters is 1. The third-order valence-electron chi connectivity index (χ3n) is 5.86. The van der Waals surface area contributed by atoms with E-state index in [1.165, 1.54) is 0 Å². The molecule has 8 nitrogen and oxygen atoms in total. The average Bonchev–Trinajstić information content (AvgIpc) is 3.29. The Morgan fingerprint density at radius 2 is 2.00 bits per heavy atom. The van der Waals surface area contributed by atoms with Gasteiger partial charge >= 0.3 is 5.97 Å². The molecule has 4 rings (SSSR count). The second-order valence-electron chi connectivity index (χ2n) is 8.31. The largest absolute Gasteiger partial charge is 0.462 e. The Morgan fingerprint density at radius 1 is 1.21 bits per heavy atom. The Balaban J connectivity index is 1.28. The van der Waals surface area contributed by atoms with E-state index in [4.69, 9.17) is 20.9 Å². The van der Waals surface area contributed by atoms with Gasteiger partial charge in [-0.1, -0.05) is 28.9 Å². The Bertz CT molecular complexity index is 1170. The minimum atomic E-state index is -0.364. The SMILES string of the molecule is CCOC(=O)c1ccc(NC(=O)C2CCN(Cc3nc(-c4cccc(Cl)c4)no3)CC2)c(C)c1. The number of hydrogen-bond acceptors (Lipinski definition) is 7. The zero-order chi connectivity index (χ0) is 24.1. The normalized spacial score (nSPS) is 14.7. The lowest BCUT2D eigenvalue weighted by Gasteiger charge is -2.30. The molecule has 1 aromatic heterocycles. The molecule has 0 atom stereocenters. The number of nitrogens with zero attached hydrogens (tertiary/aromatic N) is 3. The number of carbonyl (C=O) groups is 2. The third kappa shape index (κ3) is 5.81. The van der Waals surface area contributed by atoms with Crippen LogP contribution in [0.25, 0.3) is 11.4 Å². The quantitative estimate of drug-likeness (QED) is 0.486. The first-order valence-electron chi connectivity index (χ1n) is 11.3. The number of amides is 1. The lowest BCUT2D eigenvalue weighted by Crippen LogP contribution is -2.37. The summed E-state index contributed by atoms with van der Waals surface area (Å²) in [5.74, 6) is 0.598. The van der Waals surface area contributed by atoms with Gasteiger partial charge in [-0.25, -0.2) is 4.79 Å². The molecular weight excluding hydrogens is 456 g/mol. The first-order valence-corrected chi connectivity index (χ1v) is 11.7. The molecule has 1 N–H and O–H groups in total. The van der Waals surface area contributed by atoms with E-state index in [0.717, 1.165) is 37.1 Å². The van der Waals surface area contributed by atoms with Gasteiger partial charge in [-0.15, -0.1) is 0 Å². The molecule has 1 amide bonds. The van der Waals surface area contributed by atoms with E-state index in [1.807, 2.05) is 19.1 Å². The number of rotatable bonds is 7. The predicted molar refractivity (Wildman–Crippen MR) is 129 cm³/mol. The maximum atomic E-state index is 12.8. The Hall–Kier alpha value is -3.23. The summed E-state index contributed by atoms with van der Waals surface area (Å²) in [5, 5.41) is 7.68. The highest BCUT2D eigenvalue weighted by molar-refractivity contribution is 6.30. The number of benzene rings is 2. The number of anilines is 1. The fraction of sp³-hybridized carbons (Fsp3) is 0.360. The van der Waals surface area contributed by atoms with Gasteiger partial charge in [0, 0.05) is 22.2 Å². The molecule has 0 radical (unpaired) electrons. The maximum absolute atomic E-state index is 12.8. The summed E-state index contributed by atoms with van der Waals surface area (Å²) >= 11 is 6.04. The molecule has 0 aliphatic carbocycles. The Kier molecular flexibility index (Phi) is 7.59. The van der Waals surface area contributed by atoms with Crippen LogP contribution in [-0.2, 0) is 16.1 Å². The molecule has 0 unspecified atom stereocenters. The fourth-order valence-electron chi connectivity index (χ4n) is 3.99. The molecule has 0 saturated carbocycles. The topological polar surface area (TPSA) is 97.6 Å². The number of nitrogens with one attached hydrogen (secondary N) is 1. The van der Waals surface area contributed by atoms with Crippen LogP contribution in [0.5, 0.6) is 0 Å². The van der Waals surface area contributed by atoms with E-state index in [-0.39, 0.29) is 17.8 Å². The van der Waals surface area contributed by atoms with Crippen LogP contribution in [0.3, 0.4) is 0 Å². The number of carbonyl (C=O) groups excluding carboxylic acids is 2. The van der Waals surface area contributed by atoms with Crippen LogP contribution in [0, 0.1) is 12.8 Å². The van der Waals surface area contributed by atoms with Crippen molar-refractivity contribution < 1.29 is 18.8 Å². The van der Waals surface area contributed by atoms with Crippen molar-refractivity contribution in [2.24, 2.45) is 5.92 Å².